The van der Waals surface area contributed by atoms with E-state index < -0.39 is 29.2 Å². The van der Waals surface area contributed by atoms with E-state index >= 15 is 0 Å². The molecule has 0 aliphatic heterocycles. The van der Waals surface area contributed by atoms with E-state index in [0.717, 1.165) is 40.3 Å². The van der Waals surface area contributed by atoms with E-state index in [9.17, 15) is 27.6 Å². The van der Waals surface area contributed by atoms with E-state index in [-0.39, 0.29) is 40.2 Å². The average Bonchev–Trinajstić information content (AvgIpc) is 3.24. The zero-order valence-electron chi connectivity index (χ0n) is 18.6. The number of aromatic nitrogens is 2. The Hall–Kier alpha value is -3.70. The van der Waals surface area contributed by atoms with Crippen molar-refractivity contribution >= 4 is 50.6 Å². The van der Waals surface area contributed by atoms with Crippen molar-refractivity contribution in [3.63, 3.8) is 0 Å². The Labute approximate surface area is 211 Å². The third-order valence-electron chi connectivity index (χ3n) is 5.09. The van der Waals surface area contributed by atoms with Gasteiger partial charge in [-0.1, -0.05) is 23.7 Å². The third-order valence-corrected chi connectivity index (χ3v) is 6.24. The minimum absolute atomic E-state index is 0.000522. The van der Waals surface area contributed by atoms with Crippen molar-refractivity contribution in [1.82, 2.24) is 9.78 Å². The largest absolute Gasteiger partial charge is 0.461 e. The number of halogens is 4. The number of esters is 1. The summed E-state index contributed by atoms with van der Waals surface area (Å²) in [6, 6.07) is 10.4. The van der Waals surface area contributed by atoms with Gasteiger partial charge in [-0.05, 0) is 48.9 Å². The minimum Gasteiger partial charge on any atom is -0.461 e. The van der Waals surface area contributed by atoms with Crippen LogP contribution in [0.3, 0.4) is 0 Å². The van der Waals surface area contributed by atoms with Gasteiger partial charge in [-0.2, -0.15) is 23.0 Å². The van der Waals surface area contributed by atoms with Crippen LogP contribution in [0.4, 0.5) is 18.2 Å². The van der Waals surface area contributed by atoms with Crippen LogP contribution in [0.1, 0.15) is 28.5 Å². The Kier molecular flexibility index (Phi) is 7.14. The standard InChI is InChI=1S/C24H17ClF3N3O4S/c1-2-35-23(34)20-17-12-36-21(29-18(32)11-13-3-7-15(25)8-4-13)19(17)22(33)31(30-20)16-9-5-14(6-10-16)24(26,27)28/h3-10,12H,2,11H2,1H3,(H,29,32). The van der Waals surface area contributed by atoms with Crippen molar-refractivity contribution in [2.45, 2.75) is 19.5 Å². The maximum absolute atomic E-state index is 13.4. The molecule has 1 amide bonds. The molecule has 1 N–H and O–H groups in total. The zero-order valence-corrected chi connectivity index (χ0v) is 20.1. The summed E-state index contributed by atoms with van der Waals surface area (Å²) in [5.41, 5.74) is -1.14. The molecule has 2 heterocycles. The smallest absolute Gasteiger partial charge is 0.416 e. The molecule has 4 aromatic rings. The van der Waals surface area contributed by atoms with E-state index in [1.165, 1.54) is 5.38 Å². The summed E-state index contributed by atoms with van der Waals surface area (Å²) < 4.78 is 44.8. The van der Waals surface area contributed by atoms with Crippen LogP contribution in [0.5, 0.6) is 0 Å². The highest BCUT2D eigenvalue weighted by atomic mass is 35.5. The van der Waals surface area contributed by atoms with Gasteiger partial charge in [0.15, 0.2) is 5.69 Å². The number of ether oxygens (including phenoxy) is 1. The number of hydrogen-bond donors (Lipinski definition) is 1. The van der Waals surface area contributed by atoms with Crippen molar-refractivity contribution in [1.29, 1.82) is 0 Å². The highest BCUT2D eigenvalue weighted by Gasteiger charge is 2.30. The predicted octanol–water partition coefficient (Wildman–Crippen LogP) is 5.48. The van der Waals surface area contributed by atoms with E-state index in [0.29, 0.717) is 10.6 Å². The van der Waals surface area contributed by atoms with Gasteiger partial charge >= 0.3 is 12.1 Å². The molecule has 0 spiro atoms. The zero-order chi connectivity index (χ0) is 26.0. The van der Waals surface area contributed by atoms with Gasteiger partial charge in [0.05, 0.1) is 29.7 Å². The van der Waals surface area contributed by atoms with Crippen LogP contribution < -0.4 is 10.9 Å². The van der Waals surface area contributed by atoms with Crippen molar-refractivity contribution in [3.05, 3.63) is 86.1 Å². The van der Waals surface area contributed by atoms with Gasteiger partial charge in [-0.25, -0.2) is 4.79 Å². The van der Waals surface area contributed by atoms with Crippen molar-refractivity contribution < 1.29 is 27.5 Å². The molecule has 186 valence electrons. The number of rotatable bonds is 6. The molecule has 4 rings (SSSR count). The minimum atomic E-state index is -4.56. The first-order valence-corrected chi connectivity index (χ1v) is 11.8. The third kappa shape index (κ3) is 5.26. The Morgan fingerprint density at radius 1 is 1.11 bits per heavy atom. The lowest BCUT2D eigenvalue weighted by Crippen LogP contribution is -2.26. The van der Waals surface area contributed by atoms with Gasteiger partial charge in [0.25, 0.3) is 5.56 Å². The Bertz CT molecular complexity index is 1500. The first-order valence-electron chi connectivity index (χ1n) is 10.5. The molecule has 7 nitrogen and oxygen atoms in total. The Balaban J connectivity index is 1.78. The highest BCUT2D eigenvalue weighted by molar-refractivity contribution is 7.16. The van der Waals surface area contributed by atoms with E-state index in [1.54, 1.807) is 31.2 Å². The number of thiophene rings is 1. The van der Waals surface area contributed by atoms with E-state index in [4.69, 9.17) is 16.3 Å². The molecule has 12 heteroatoms. The summed E-state index contributed by atoms with van der Waals surface area (Å²) in [5, 5.41) is 9.09. The molecule has 2 aromatic heterocycles. The van der Waals surface area contributed by atoms with Crippen LogP contribution in [-0.2, 0) is 22.1 Å². The van der Waals surface area contributed by atoms with Crippen LogP contribution >= 0.6 is 22.9 Å². The van der Waals surface area contributed by atoms with Gasteiger partial charge in [-0.15, -0.1) is 11.3 Å². The summed E-state index contributed by atoms with van der Waals surface area (Å²) in [6.45, 7) is 1.63. The summed E-state index contributed by atoms with van der Waals surface area (Å²) in [4.78, 5) is 38.6. The molecule has 0 aliphatic rings. The van der Waals surface area contributed by atoms with Crippen LogP contribution in [-0.4, -0.2) is 28.3 Å². The molecule has 0 radical (unpaired) electrons. The molecule has 0 bridgehead atoms. The molecule has 2 aromatic carbocycles. The highest BCUT2D eigenvalue weighted by Crippen LogP contribution is 2.32. The fourth-order valence-corrected chi connectivity index (χ4v) is 4.50. The van der Waals surface area contributed by atoms with Gasteiger partial charge < -0.3 is 10.1 Å². The number of nitrogens with zero attached hydrogens (tertiary/aromatic N) is 2. The van der Waals surface area contributed by atoms with E-state index in [1.807, 2.05) is 0 Å². The fraction of sp³-hybridized carbons (Fsp3) is 0.167. The number of amides is 1. The number of alkyl halides is 3. The Morgan fingerprint density at radius 3 is 2.39 bits per heavy atom. The number of fused-ring (bicyclic) bond motifs is 1. The maximum Gasteiger partial charge on any atom is 0.416 e. The normalized spacial score (nSPS) is 11.5. The second-order valence-corrected chi connectivity index (χ2v) is 8.85. The summed E-state index contributed by atoms with van der Waals surface area (Å²) >= 11 is 6.88. The quantitative estimate of drug-likeness (QED) is 0.330. The average molecular weight is 536 g/mol. The number of hydrogen-bond acceptors (Lipinski definition) is 6. The van der Waals surface area contributed by atoms with Gasteiger partial charge in [0.2, 0.25) is 5.91 Å². The molecule has 36 heavy (non-hydrogen) atoms. The SMILES string of the molecule is CCOC(=O)c1nn(-c2ccc(C(F)(F)F)cc2)c(=O)c2c(NC(=O)Cc3ccc(Cl)cc3)scc12. The summed E-state index contributed by atoms with van der Waals surface area (Å²) in [5.74, 6) is -1.24. The van der Waals surface area contributed by atoms with Gasteiger partial charge in [0, 0.05) is 15.8 Å². The fourth-order valence-electron chi connectivity index (χ4n) is 3.42. The second-order valence-electron chi connectivity index (χ2n) is 7.54. The number of carbonyl (C=O) groups excluding carboxylic acids is 2. The molecule has 0 atom stereocenters. The van der Waals surface area contributed by atoms with Crippen LogP contribution in [0.2, 0.25) is 5.02 Å². The van der Waals surface area contributed by atoms with Crippen LogP contribution in [0, 0.1) is 0 Å². The molecular weight excluding hydrogens is 519 g/mol. The lowest BCUT2D eigenvalue weighted by molar-refractivity contribution is -0.137. The van der Waals surface area contributed by atoms with E-state index in [2.05, 4.69) is 10.4 Å². The molecule has 0 aliphatic carbocycles. The molecule has 0 unspecified atom stereocenters. The van der Waals surface area contributed by atoms with Crippen molar-refractivity contribution in [2.75, 3.05) is 11.9 Å². The number of anilines is 1. The molecule has 0 fully saturated rings. The van der Waals surface area contributed by atoms with Crippen LogP contribution in [0.15, 0.2) is 58.7 Å². The Morgan fingerprint density at radius 2 is 1.78 bits per heavy atom. The maximum atomic E-state index is 13.4. The molecule has 0 saturated heterocycles. The number of nitrogens with one attached hydrogen (secondary N) is 1. The summed E-state index contributed by atoms with van der Waals surface area (Å²) in [6.07, 6.45) is -4.56. The number of carbonyl (C=O) groups is 2. The van der Waals surface area contributed by atoms with Crippen molar-refractivity contribution in [2.24, 2.45) is 0 Å². The molecular formula is C24H17ClF3N3O4S. The monoisotopic (exact) mass is 535 g/mol. The second kappa shape index (κ2) is 10.1. The number of benzene rings is 2. The first kappa shape index (κ1) is 25.4. The van der Waals surface area contributed by atoms with Crippen LogP contribution in [0.25, 0.3) is 16.5 Å². The lowest BCUT2D eigenvalue weighted by Gasteiger charge is -2.11. The lowest BCUT2D eigenvalue weighted by atomic mass is 10.1. The topological polar surface area (TPSA) is 90.3 Å². The summed E-state index contributed by atoms with van der Waals surface area (Å²) in [7, 11) is 0. The van der Waals surface area contributed by atoms with Gasteiger partial charge in [0.1, 0.15) is 5.00 Å². The first-order chi connectivity index (χ1) is 17.1. The van der Waals surface area contributed by atoms with Crippen molar-refractivity contribution in [3.8, 4) is 5.69 Å². The molecule has 0 saturated carbocycles. The predicted molar refractivity (Wildman–Crippen MR) is 130 cm³/mol. The van der Waals surface area contributed by atoms with Gasteiger partial charge in [-0.3, -0.25) is 9.59 Å².